The quantitative estimate of drug-likeness (QED) is 0.447. The van der Waals surface area contributed by atoms with E-state index >= 15 is 0 Å². The Morgan fingerprint density at radius 2 is 2.12 bits per heavy atom. The molecule has 86 valence electrons. The van der Waals surface area contributed by atoms with E-state index in [1.807, 2.05) is 0 Å². The average molecular weight is 223 g/mol. The highest BCUT2D eigenvalue weighted by Gasteiger charge is 1.98. The Hall–Kier alpha value is -1.69. The number of quaternary nitrogens is 1. The predicted octanol–water partition coefficient (Wildman–Crippen LogP) is 0.666. The minimum Gasteiger partial charge on any atom is -0.595 e. The molecule has 0 spiro atoms. The second-order valence-electron chi connectivity index (χ2n) is 3.01. The summed E-state index contributed by atoms with van der Waals surface area (Å²) >= 11 is 0. The zero-order valence-corrected chi connectivity index (χ0v) is 8.84. The predicted molar refractivity (Wildman–Crippen MR) is 57.9 cm³/mol. The molecule has 1 aromatic carbocycles. The highest BCUT2D eigenvalue weighted by atomic mass is 16.8. The lowest BCUT2D eigenvalue weighted by Gasteiger charge is -2.10. The molecule has 0 aliphatic carbocycles. The topological polar surface area (TPSA) is 74.0 Å². The van der Waals surface area contributed by atoms with Crippen molar-refractivity contribution in [1.29, 1.82) is 0 Å². The lowest BCUT2D eigenvalue weighted by Crippen LogP contribution is -2.99. The van der Waals surface area contributed by atoms with Crippen molar-refractivity contribution in [3.05, 3.63) is 41.1 Å². The summed E-state index contributed by atoms with van der Waals surface area (Å²) in [6.45, 7) is 2.06. The van der Waals surface area contributed by atoms with Crippen molar-refractivity contribution in [3.8, 4) is 0 Å². The summed E-state index contributed by atoms with van der Waals surface area (Å²) in [7, 11) is 0. The third-order valence-electron chi connectivity index (χ3n) is 1.86. The molecule has 16 heavy (non-hydrogen) atoms. The van der Waals surface area contributed by atoms with Crippen LogP contribution in [0.3, 0.4) is 0 Å². The van der Waals surface area contributed by atoms with E-state index in [1.165, 1.54) is 18.2 Å². The number of ether oxygens (including phenoxy) is 1. The Labute approximate surface area is 93.1 Å². The van der Waals surface area contributed by atoms with E-state index in [0.717, 1.165) is 5.56 Å². The van der Waals surface area contributed by atoms with Crippen LogP contribution in [0, 0.1) is 5.21 Å². The number of carbonyl (C=O) groups is 1. The van der Waals surface area contributed by atoms with E-state index in [4.69, 9.17) is 9.94 Å². The van der Waals surface area contributed by atoms with Gasteiger partial charge in [-0.1, -0.05) is 0 Å². The first-order valence-electron chi connectivity index (χ1n) is 4.81. The van der Waals surface area contributed by atoms with Crippen LogP contribution in [0.5, 0.6) is 0 Å². The van der Waals surface area contributed by atoms with Crippen molar-refractivity contribution in [2.24, 2.45) is 0 Å². The fourth-order valence-corrected chi connectivity index (χ4v) is 1.09. The van der Waals surface area contributed by atoms with Crippen LogP contribution >= 0.6 is 0 Å². The van der Waals surface area contributed by atoms with Crippen LogP contribution in [0.25, 0.3) is 6.08 Å². The SMILES string of the molecule is CCOC(=O)/C=C/c1ccc([NH+]([O-])O)cc1. The molecule has 0 aliphatic rings. The Morgan fingerprint density at radius 1 is 1.50 bits per heavy atom. The Bertz CT molecular complexity index is 370. The van der Waals surface area contributed by atoms with Gasteiger partial charge in [-0.2, -0.15) is 5.23 Å². The van der Waals surface area contributed by atoms with Gasteiger partial charge in [0.2, 0.25) is 0 Å². The van der Waals surface area contributed by atoms with E-state index in [1.54, 1.807) is 25.1 Å². The van der Waals surface area contributed by atoms with Gasteiger partial charge in [-0.3, -0.25) is 0 Å². The van der Waals surface area contributed by atoms with Gasteiger partial charge in [0.05, 0.1) is 6.61 Å². The van der Waals surface area contributed by atoms with Gasteiger partial charge in [-0.15, -0.1) is 0 Å². The van der Waals surface area contributed by atoms with E-state index in [2.05, 4.69) is 0 Å². The van der Waals surface area contributed by atoms with Crippen LogP contribution in [0.2, 0.25) is 0 Å². The Balaban J connectivity index is 2.65. The Kier molecular flexibility index (Phi) is 4.65. The molecule has 5 nitrogen and oxygen atoms in total. The van der Waals surface area contributed by atoms with E-state index in [9.17, 15) is 10.0 Å². The van der Waals surface area contributed by atoms with Gasteiger partial charge >= 0.3 is 5.97 Å². The largest absolute Gasteiger partial charge is 0.595 e. The van der Waals surface area contributed by atoms with Gasteiger partial charge in [-0.05, 0) is 30.7 Å². The van der Waals surface area contributed by atoms with Gasteiger partial charge in [0.15, 0.2) is 5.69 Å². The molecule has 1 atom stereocenters. The molecule has 0 radical (unpaired) electrons. The lowest BCUT2D eigenvalue weighted by molar-refractivity contribution is -0.991. The molecule has 0 aromatic heterocycles. The van der Waals surface area contributed by atoms with Crippen LogP contribution < -0.4 is 5.23 Å². The van der Waals surface area contributed by atoms with E-state index < -0.39 is 11.2 Å². The first-order chi connectivity index (χ1) is 7.63. The van der Waals surface area contributed by atoms with Crippen LogP contribution in [0.1, 0.15) is 12.5 Å². The molecule has 0 heterocycles. The maximum absolute atomic E-state index is 11.0. The monoisotopic (exact) mass is 223 g/mol. The van der Waals surface area contributed by atoms with Gasteiger partial charge in [0.25, 0.3) is 0 Å². The molecule has 0 bridgehead atoms. The molecule has 0 aliphatic heterocycles. The molecular formula is C11H13NO4. The molecule has 1 rings (SSSR count). The molecular weight excluding hydrogens is 210 g/mol. The fourth-order valence-electron chi connectivity index (χ4n) is 1.09. The summed E-state index contributed by atoms with van der Waals surface area (Å²) in [5.74, 6) is -0.412. The van der Waals surface area contributed by atoms with Crippen molar-refractivity contribution in [2.45, 2.75) is 6.92 Å². The number of benzene rings is 1. The van der Waals surface area contributed by atoms with Gasteiger partial charge in [-0.25, -0.2) is 10.0 Å². The number of nitrogens with one attached hydrogen (secondary N) is 1. The molecule has 0 fully saturated rings. The molecule has 1 unspecified atom stereocenters. The van der Waals surface area contributed by atoms with Crippen LogP contribution in [0.4, 0.5) is 5.69 Å². The van der Waals surface area contributed by atoms with Crippen molar-refractivity contribution in [3.63, 3.8) is 0 Å². The number of carbonyl (C=O) groups excluding carboxylic acids is 1. The minimum atomic E-state index is -0.971. The lowest BCUT2D eigenvalue weighted by atomic mass is 10.2. The average Bonchev–Trinajstić information content (AvgIpc) is 2.27. The number of hydrogen-bond donors (Lipinski definition) is 2. The summed E-state index contributed by atoms with van der Waals surface area (Å²) in [6.07, 6.45) is 2.88. The number of rotatable bonds is 4. The number of hydrogen-bond acceptors (Lipinski definition) is 4. The maximum Gasteiger partial charge on any atom is 0.330 e. The Morgan fingerprint density at radius 3 is 2.62 bits per heavy atom. The van der Waals surface area contributed by atoms with E-state index in [-0.39, 0.29) is 5.69 Å². The first kappa shape index (κ1) is 12.4. The highest BCUT2D eigenvalue weighted by Crippen LogP contribution is 2.06. The second kappa shape index (κ2) is 6.02. The van der Waals surface area contributed by atoms with Crippen molar-refractivity contribution >= 4 is 17.7 Å². The summed E-state index contributed by atoms with van der Waals surface area (Å²) in [5.41, 5.74) is 0.964. The summed E-state index contributed by atoms with van der Waals surface area (Å²) < 4.78 is 4.71. The minimum absolute atomic E-state index is 0.216. The molecule has 5 heteroatoms. The summed E-state index contributed by atoms with van der Waals surface area (Å²) in [4.78, 5) is 11.0. The standard InChI is InChI=1S/C11H13NO4/c1-2-16-11(13)8-5-9-3-6-10(7-4-9)12(14)15/h3-8,12,14H,2H2,1H3/b8-5+. The summed E-state index contributed by atoms with van der Waals surface area (Å²) in [6, 6.07) is 6.21. The molecule has 0 amide bonds. The molecule has 1 aromatic rings. The molecule has 0 saturated heterocycles. The van der Waals surface area contributed by atoms with Gasteiger partial charge in [0, 0.05) is 18.2 Å². The smallest absolute Gasteiger partial charge is 0.330 e. The van der Waals surface area contributed by atoms with Gasteiger partial charge in [0.1, 0.15) is 0 Å². The van der Waals surface area contributed by atoms with E-state index in [0.29, 0.717) is 6.61 Å². The zero-order valence-electron chi connectivity index (χ0n) is 8.84. The van der Waals surface area contributed by atoms with Crippen molar-refractivity contribution < 1.29 is 20.0 Å². The normalized spacial score (nSPS) is 12.7. The zero-order chi connectivity index (χ0) is 12.0. The molecule has 2 N–H and O–H groups in total. The van der Waals surface area contributed by atoms with Gasteiger partial charge < -0.3 is 9.94 Å². The van der Waals surface area contributed by atoms with Crippen molar-refractivity contribution in [1.82, 2.24) is 0 Å². The fraction of sp³-hybridized carbons (Fsp3) is 0.182. The summed E-state index contributed by atoms with van der Waals surface area (Å²) in [5, 5.41) is 18.3. The van der Waals surface area contributed by atoms with Crippen LogP contribution in [0.15, 0.2) is 30.3 Å². The van der Waals surface area contributed by atoms with Crippen LogP contribution in [-0.2, 0) is 9.53 Å². The van der Waals surface area contributed by atoms with Crippen LogP contribution in [-0.4, -0.2) is 17.8 Å². The highest BCUT2D eigenvalue weighted by molar-refractivity contribution is 5.87. The third-order valence-corrected chi connectivity index (χ3v) is 1.86. The number of esters is 1. The second-order valence-corrected chi connectivity index (χ2v) is 3.01. The molecule has 0 saturated carbocycles. The third kappa shape index (κ3) is 3.82. The first-order valence-corrected chi connectivity index (χ1v) is 4.81. The van der Waals surface area contributed by atoms with Crippen molar-refractivity contribution in [2.75, 3.05) is 6.61 Å². The maximum atomic E-state index is 11.0.